The van der Waals surface area contributed by atoms with Gasteiger partial charge in [-0.15, -0.1) is 0 Å². The Hall–Kier alpha value is -3.17. The van der Waals surface area contributed by atoms with Gasteiger partial charge in [0.15, 0.2) is 0 Å². The number of rotatable bonds is 6. The average molecular weight is 453 g/mol. The van der Waals surface area contributed by atoms with Crippen LogP contribution in [-0.2, 0) is 6.54 Å². The molecule has 2 aliphatic rings. The lowest BCUT2D eigenvalue weighted by Crippen LogP contribution is -2.44. The molecule has 9 heteroatoms. The van der Waals surface area contributed by atoms with Crippen molar-refractivity contribution >= 4 is 17.2 Å². The molecule has 0 spiro atoms. The number of hydrogen-bond acceptors (Lipinski definition) is 5. The molecular formula is C24H25F2N5O2. The number of hydrogen-bond donors (Lipinski definition) is 1. The van der Waals surface area contributed by atoms with Crippen molar-refractivity contribution in [2.75, 3.05) is 26.2 Å². The van der Waals surface area contributed by atoms with Crippen molar-refractivity contribution in [3.05, 3.63) is 80.5 Å². The number of pyridine rings is 1. The Balaban J connectivity index is 1.15. The first-order valence-electron chi connectivity index (χ1n) is 11.2. The molecule has 1 N–H and O–H groups in total. The Morgan fingerprint density at radius 1 is 1.09 bits per heavy atom. The van der Waals surface area contributed by atoms with E-state index in [1.807, 2.05) is 0 Å². The zero-order chi connectivity index (χ0) is 22.9. The van der Waals surface area contributed by atoms with Crippen molar-refractivity contribution in [1.82, 2.24) is 24.3 Å². The van der Waals surface area contributed by atoms with E-state index in [-0.39, 0.29) is 22.7 Å². The van der Waals surface area contributed by atoms with Gasteiger partial charge >= 0.3 is 0 Å². The lowest BCUT2D eigenvalue weighted by atomic mass is 10.0. The summed E-state index contributed by atoms with van der Waals surface area (Å²) in [7, 11) is 0. The summed E-state index contributed by atoms with van der Waals surface area (Å²) >= 11 is 0. The Kier molecular flexibility index (Phi) is 5.90. The van der Waals surface area contributed by atoms with Crippen LogP contribution >= 0.6 is 0 Å². The van der Waals surface area contributed by atoms with E-state index in [1.54, 1.807) is 27.4 Å². The van der Waals surface area contributed by atoms with Crippen LogP contribution < -0.4 is 16.4 Å². The second kappa shape index (κ2) is 8.99. The predicted octanol–water partition coefficient (Wildman–Crippen LogP) is 2.16. The van der Waals surface area contributed by atoms with Gasteiger partial charge in [-0.3, -0.25) is 18.7 Å². The fourth-order valence-corrected chi connectivity index (χ4v) is 4.84. The maximum Gasteiger partial charge on any atom is 0.270 e. The third-order valence-corrected chi connectivity index (χ3v) is 6.51. The minimum atomic E-state index is -0.457. The van der Waals surface area contributed by atoms with Crippen molar-refractivity contribution in [1.29, 1.82) is 0 Å². The van der Waals surface area contributed by atoms with E-state index in [9.17, 15) is 18.4 Å². The molecule has 2 aromatic heterocycles. The third kappa shape index (κ3) is 4.38. The van der Waals surface area contributed by atoms with Gasteiger partial charge < -0.3 is 10.2 Å². The highest BCUT2D eigenvalue weighted by Crippen LogP contribution is 2.24. The standard InChI is InChI=1S/C24H25F2N5O2/c25-17-3-4-20(26)16(12-17)2-1-9-27-18-7-10-29(11-8-18)14-19-15-30-22(32)6-5-21-24(30)31(19)23(33)13-28-21/h1-6,12-13,18-19,27H,7-11,14-15H2/b2-1+/t19-/m1/s1. The summed E-state index contributed by atoms with van der Waals surface area (Å²) in [5.41, 5.74) is 1.22. The fourth-order valence-electron chi connectivity index (χ4n) is 4.84. The van der Waals surface area contributed by atoms with E-state index in [2.05, 4.69) is 15.2 Å². The first-order chi connectivity index (χ1) is 16.0. The van der Waals surface area contributed by atoms with Crippen molar-refractivity contribution in [2.24, 2.45) is 0 Å². The largest absolute Gasteiger partial charge is 0.310 e. The van der Waals surface area contributed by atoms with Crippen LogP contribution in [0, 0.1) is 11.6 Å². The second-order valence-corrected chi connectivity index (χ2v) is 8.66. The Bertz CT molecular complexity index is 1320. The first-order valence-corrected chi connectivity index (χ1v) is 11.2. The topological polar surface area (TPSA) is 72.2 Å². The van der Waals surface area contributed by atoms with Gasteiger partial charge in [0, 0.05) is 37.3 Å². The molecule has 33 heavy (non-hydrogen) atoms. The zero-order valence-corrected chi connectivity index (χ0v) is 18.1. The van der Waals surface area contributed by atoms with Crippen LogP contribution in [0.2, 0.25) is 0 Å². The maximum absolute atomic E-state index is 13.7. The molecule has 4 heterocycles. The number of likely N-dealkylation sites (tertiary alicyclic amines) is 1. The SMILES string of the molecule is O=c1ccc2ncc(=O)n3c2n1C[C@H]3CN1CCC(NC/C=C/c2cc(F)ccc2F)CC1. The molecule has 172 valence electrons. The molecule has 5 rings (SSSR count). The summed E-state index contributed by atoms with van der Waals surface area (Å²) in [6.07, 6.45) is 6.62. The minimum absolute atomic E-state index is 0.0910. The molecule has 0 unspecified atom stereocenters. The quantitative estimate of drug-likeness (QED) is 0.620. The Labute approximate surface area is 189 Å². The van der Waals surface area contributed by atoms with Gasteiger partial charge in [0.05, 0.1) is 12.2 Å². The number of nitrogens with one attached hydrogen (secondary N) is 1. The van der Waals surface area contributed by atoms with Gasteiger partial charge in [-0.05, 0) is 50.2 Å². The van der Waals surface area contributed by atoms with Gasteiger partial charge in [-0.1, -0.05) is 12.2 Å². The first kappa shape index (κ1) is 21.7. The molecule has 1 saturated heterocycles. The molecule has 0 radical (unpaired) electrons. The number of aromatic nitrogens is 3. The summed E-state index contributed by atoms with van der Waals surface area (Å²) in [5.74, 6) is -0.899. The lowest BCUT2D eigenvalue weighted by molar-refractivity contribution is 0.173. The van der Waals surface area contributed by atoms with Crippen molar-refractivity contribution < 1.29 is 8.78 Å². The molecule has 0 amide bonds. The van der Waals surface area contributed by atoms with E-state index in [0.29, 0.717) is 36.8 Å². The Morgan fingerprint density at radius 2 is 1.91 bits per heavy atom. The van der Waals surface area contributed by atoms with Crippen LogP contribution in [0.5, 0.6) is 0 Å². The molecule has 2 aliphatic heterocycles. The average Bonchev–Trinajstić information content (AvgIpc) is 3.20. The zero-order valence-electron chi connectivity index (χ0n) is 18.1. The van der Waals surface area contributed by atoms with Crippen LogP contribution in [0.4, 0.5) is 8.78 Å². The smallest absolute Gasteiger partial charge is 0.270 e. The van der Waals surface area contributed by atoms with Crippen LogP contribution in [-0.4, -0.2) is 51.2 Å². The van der Waals surface area contributed by atoms with Crippen molar-refractivity contribution in [3.8, 4) is 0 Å². The van der Waals surface area contributed by atoms with E-state index in [0.717, 1.165) is 38.1 Å². The highest BCUT2D eigenvalue weighted by molar-refractivity contribution is 5.71. The molecule has 0 aliphatic carbocycles. The van der Waals surface area contributed by atoms with Crippen molar-refractivity contribution in [2.45, 2.75) is 31.5 Å². The molecule has 7 nitrogen and oxygen atoms in total. The minimum Gasteiger partial charge on any atom is -0.310 e. The Morgan fingerprint density at radius 3 is 2.73 bits per heavy atom. The van der Waals surface area contributed by atoms with Gasteiger partial charge in [0.1, 0.15) is 22.8 Å². The second-order valence-electron chi connectivity index (χ2n) is 8.66. The van der Waals surface area contributed by atoms with Crippen LogP contribution in [0.1, 0.15) is 24.4 Å². The predicted molar refractivity (Wildman–Crippen MR) is 122 cm³/mol. The maximum atomic E-state index is 13.7. The third-order valence-electron chi connectivity index (χ3n) is 6.51. The van der Waals surface area contributed by atoms with E-state index < -0.39 is 11.6 Å². The fraction of sp³-hybridized carbons (Fsp3) is 0.375. The van der Waals surface area contributed by atoms with Crippen LogP contribution in [0.3, 0.4) is 0 Å². The summed E-state index contributed by atoms with van der Waals surface area (Å²) in [6, 6.07) is 6.83. The summed E-state index contributed by atoms with van der Waals surface area (Å²) in [5, 5.41) is 3.45. The van der Waals surface area contributed by atoms with Crippen molar-refractivity contribution in [3.63, 3.8) is 0 Å². The normalized spacial score (nSPS) is 19.2. The summed E-state index contributed by atoms with van der Waals surface area (Å²) in [6.45, 7) is 3.52. The number of halogens is 2. The summed E-state index contributed by atoms with van der Waals surface area (Å²) < 4.78 is 30.3. The molecule has 1 aromatic carbocycles. The number of piperidine rings is 1. The summed E-state index contributed by atoms with van der Waals surface area (Å²) in [4.78, 5) is 31.3. The number of nitrogens with zero attached hydrogens (tertiary/aromatic N) is 4. The van der Waals surface area contributed by atoms with Gasteiger partial charge in [-0.25, -0.2) is 13.8 Å². The highest BCUT2D eigenvalue weighted by atomic mass is 19.1. The van der Waals surface area contributed by atoms with Gasteiger partial charge in [0.25, 0.3) is 11.1 Å². The lowest BCUT2D eigenvalue weighted by Gasteiger charge is -2.34. The van der Waals surface area contributed by atoms with E-state index >= 15 is 0 Å². The molecule has 0 bridgehead atoms. The van der Waals surface area contributed by atoms with E-state index in [1.165, 1.54) is 18.3 Å². The molecule has 1 fully saturated rings. The molecule has 3 aromatic rings. The van der Waals surface area contributed by atoms with Crippen LogP contribution in [0.15, 0.2) is 52.2 Å². The van der Waals surface area contributed by atoms with E-state index in [4.69, 9.17) is 0 Å². The van der Waals surface area contributed by atoms with Crippen LogP contribution in [0.25, 0.3) is 17.2 Å². The monoisotopic (exact) mass is 453 g/mol. The molecular weight excluding hydrogens is 428 g/mol. The van der Waals surface area contributed by atoms with Gasteiger partial charge in [0.2, 0.25) is 0 Å². The highest BCUT2D eigenvalue weighted by Gasteiger charge is 2.29. The van der Waals surface area contributed by atoms with Gasteiger partial charge in [-0.2, -0.15) is 0 Å². The molecule has 1 atom stereocenters. The molecule has 0 saturated carbocycles. The number of benzene rings is 1.